The molecule has 124 valence electrons. The van der Waals surface area contributed by atoms with E-state index >= 15 is 0 Å². The summed E-state index contributed by atoms with van der Waals surface area (Å²) in [4.78, 5) is 11.7. The SMILES string of the molecule is CC(CCCO)NC(=O)NCC(C)(O)c1ccc(F)cc1F. The molecule has 0 heterocycles. The topological polar surface area (TPSA) is 81.6 Å². The van der Waals surface area contributed by atoms with Crippen LogP contribution < -0.4 is 10.6 Å². The first-order valence-corrected chi connectivity index (χ1v) is 7.09. The molecule has 0 spiro atoms. The standard InChI is InChI=1S/C15H22F2N2O3/c1-10(4-3-7-20)19-14(21)18-9-15(2,22)12-6-5-11(16)8-13(12)17/h5-6,8,10,20,22H,3-4,7,9H2,1-2H3,(H2,18,19,21). The van der Waals surface area contributed by atoms with Gasteiger partial charge in [0, 0.05) is 24.3 Å². The fourth-order valence-electron chi connectivity index (χ4n) is 2.02. The Morgan fingerprint density at radius 3 is 2.68 bits per heavy atom. The van der Waals surface area contributed by atoms with Gasteiger partial charge in [-0.3, -0.25) is 0 Å². The molecule has 1 rings (SSSR count). The predicted octanol–water partition coefficient (Wildman–Crippen LogP) is 1.63. The molecule has 4 N–H and O–H groups in total. The second-order valence-corrected chi connectivity index (χ2v) is 5.49. The smallest absolute Gasteiger partial charge is 0.315 e. The van der Waals surface area contributed by atoms with Crippen molar-refractivity contribution in [2.75, 3.05) is 13.2 Å². The fourth-order valence-corrected chi connectivity index (χ4v) is 2.02. The van der Waals surface area contributed by atoms with Gasteiger partial charge in [0.25, 0.3) is 0 Å². The first-order chi connectivity index (χ1) is 10.3. The molecule has 2 unspecified atom stereocenters. The summed E-state index contributed by atoms with van der Waals surface area (Å²) in [7, 11) is 0. The van der Waals surface area contributed by atoms with Crippen LogP contribution in [0.1, 0.15) is 32.3 Å². The molecule has 0 saturated carbocycles. The molecule has 1 aromatic rings. The van der Waals surface area contributed by atoms with Crippen LogP contribution in [0.15, 0.2) is 18.2 Å². The Morgan fingerprint density at radius 2 is 2.09 bits per heavy atom. The van der Waals surface area contributed by atoms with Gasteiger partial charge in [-0.05, 0) is 32.8 Å². The van der Waals surface area contributed by atoms with E-state index in [2.05, 4.69) is 10.6 Å². The highest BCUT2D eigenvalue weighted by Crippen LogP contribution is 2.23. The summed E-state index contributed by atoms with van der Waals surface area (Å²) in [5.74, 6) is -1.61. The van der Waals surface area contributed by atoms with Crippen molar-refractivity contribution in [3.8, 4) is 0 Å². The van der Waals surface area contributed by atoms with E-state index in [1.807, 2.05) is 0 Å². The van der Waals surface area contributed by atoms with Crippen LogP contribution in [0.5, 0.6) is 0 Å². The third kappa shape index (κ3) is 5.57. The predicted molar refractivity (Wildman–Crippen MR) is 78.2 cm³/mol. The van der Waals surface area contributed by atoms with Crippen molar-refractivity contribution in [2.45, 2.75) is 38.3 Å². The number of rotatable bonds is 7. The molecule has 2 atom stereocenters. The summed E-state index contributed by atoms with van der Waals surface area (Å²) >= 11 is 0. The van der Waals surface area contributed by atoms with Gasteiger partial charge in [-0.25, -0.2) is 13.6 Å². The Balaban J connectivity index is 2.56. The number of hydrogen-bond donors (Lipinski definition) is 4. The zero-order valence-electron chi connectivity index (χ0n) is 12.7. The number of carbonyl (C=O) groups is 1. The molecule has 22 heavy (non-hydrogen) atoms. The lowest BCUT2D eigenvalue weighted by Crippen LogP contribution is -2.46. The van der Waals surface area contributed by atoms with Crippen LogP contribution in [-0.2, 0) is 5.60 Å². The van der Waals surface area contributed by atoms with E-state index in [4.69, 9.17) is 5.11 Å². The Hall–Kier alpha value is -1.73. The number of halogens is 2. The van der Waals surface area contributed by atoms with Gasteiger partial charge in [-0.1, -0.05) is 6.07 Å². The Morgan fingerprint density at radius 1 is 1.41 bits per heavy atom. The van der Waals surface area contributed by atoms with E-state index in [0.717, 1.165) is 12.1 Å². The summed E-state index contributed by atoms with van der Waals surface area (Å²) in [6.45, 7) is 2.94. The summed E-state index contributed by atoms with van der Waals surface area (Å²) in [6.07, 6.45) is 1.19. The summed E-state index contributed by atoms with van der Waals surface area (Å²) in [6, 6.07) is 2.23. The molecule has 0 saturated heterocycles. The van der Waals surface area contributed by atoms with Crippen LogP contribution in [0.3, 0.4) is 0 Å². The maximum absolute atomic E-state index is 13.7. The second kappa shape index (κ2) is 8.05. The van der Waals surface area contributed by atoms with E-state index in [-0.39, 0.29) is 24.8 Å². The van der Waals surface area contributed by atoms with Gasteiger partial charge in [-0.2, -0.15) is 0 Å². The second-order valence-electron chi connectivity index (χ2n) is 5.49. The summed E-state index contributed by atoms with van der Waals surface area (Å²) in [5, 5.41) is 24.0. The van der Waals surface area contributed by atoms with Crippen molar-refractivity contribution in [3.63, 3.8) is 0 Å². The number of hydrogen-bond acceptors (Lipinski definition) is 3. The quantitative estimate of drug-likeness (QED) is 0.617. The normalized spacial score (nSPS) is 15.0. The Bertz CT molecular complexity index is 510. The van der Waals surface area contributed by atoms with Crippen molar-refractivity contribution < 1.29 is 23.8 Å². The molecule has 7 heteroatoms. The van der Waals surface area contributed by atoms with Gasteiger partial charge in [0.1, 0.15) is 17.2 Å². The van der Waals surface area contributed by atoms with Crippen LogP contribution in [0.4, 0.5) is 13.6 Å². The van der Waals surface area contributed by atoms with Crippen molar-refractivity contribution in [1.29, 1.82) is 0 Å². The Labute approximate surface area is 128 Å². The molecule has 0 bridgehead atoms. The molecular weight excluding hydrogens is 294 g/mol. The number of benzene rings is 1. The molecule has 0 aliphatic carbocycles. The number of aliphatic hydroxyl groups excluding tert-OH is 1. The lowest BCUT2D eigenvalue weighted by atomic mass is 9.95. The minimum atomic E-state index is -1.66. The van der Waals surface area contributed by atoms with Crippen molar-refractivity contribution in [1.82, 2.24) is 10.6 Å². The minimum Gasteiger partial charge on any atom is -0.396 e. The molecule has 2 amide bonds. The molecule has 0 radical (unpaired) electrons. The van der Waals surface area contributed by atoms with E-state index in [1.165, 1.54) is 6.92 Å². The number of aliphatic hydroxyl groups is 2. The van der Waals surface area contributed by atoms with Crippen LogP contribution in [0.25, 0.3) is 0 Å². The van der Waals surface area contributed by atoms with E-state index in [9.17, 15) is 18.7 Å². The average Bonchev–Trinajstić information content (AvgIpc) is 2.42. The van der Waals surface area contributed by atoms with Crippen molar-refractivity contribution in [3.05, 3.63) is 35.4 Å². The molecular formula is C15H22F2N2O3. The zero-order valence-corrected chi connectivity index (χ0v) is 12.7. The van der Waals surface area contributed by atoms with Crippen molar-refractivity contribution in [2.24, 2.45) is 0 Å². The lowest BCUT2D eigenvalue weighted by molar-refractivity contribution is 0.0554. The van der Waals surface area contributed by atoms with Gasteiger partial charge in [-0.15, -0.1) is 0 Å². The van der Waals surface area contributed by atoms with Gasteiger partial charge in [0.15, 0.2) is 0 Å². The lowest BCUT2D eigenvalue weighted by Gasteiger charge is -2.25. The number of amides is 2. The van der Waals surface area contributed by atoms with Gasteiger partial charge in [0.05, 0.1) is 6.54 Å². The highest BCUT2D eigenvalue weighted by molar-refractivity contribution is 5.74. The van der Waals surface area contributed by atoms with Gasteiger partial charge >= 0.3 is 6.03 Å². The third-order valence-electron chi connectivity index (χ3n) is 3.28. The van der Waals surface area contributed by atoms with Crippen LogP contribution >= 0.6 is 0 Å². The average molecular weight is 316 g/mol. The first-order valence-electron chi connectivity index (χ1n) is 7.09. The van der Waals surface area contributed by atoms with E-state index < -0.39 is 23.3 Å². The number of urea groups is 1. The molecule has 0 fully saturated rings. The van der Waals surface area contributed by atoms with Crippen LogP contribution in [0, 0.1) is 11.6 Å². The maximum Gasteiger partial charge on any atom is 0.315 e. The summed E-state index contributed by atoms with van der Waals surface area (Å²) in [5.41, 5.74) is -1.76. The highest BCUT2D eigenvalue weighted by atomic mass is 19.1. The molecule has 5 nitrogen and oxygen atoms in total. The molecule has 0 aliphatic rings. The van der Waals surface area contributed by atoms with Crippen LogP contribution in [0.2, 0.25) is 0 Å². The van der Waals surface area contributed by atoms with Gasteiger partial charge < -0.3 is 20.8 Å². The van der Waals surface area contributed by atoms with E-state index in [0.29, 0.717) is 18.9 Å². The number of nitrogens with one attached hydrogen (secondary N) is 2. The van der Waals surface area contributed by atoms with Gasteiger partial charge in [0.2, 0.25) is 0 Å². The van der Waals surface area contributed by atoms with E-state index in [1.54, 1.807) is 6.92 Å². The first kappa shape index (κ1) is 18.3. The van der Waals surface area contributed by atoms with Crippen molar-refractivity contribution >= 4 is 6.03 Å². The minimum absolute atomic E-state index is 0.0478. The largest absolute Gasteiger partial charge is 0.396 e. The molecule has 1 aromatic carbocycles. The molecule has 0 aromatic heterocycles. The fraction of sp³-hybridized carbons (Fsp3) is 0.533. The third-order valence-corrected chi connectivity index (χ3v) is 3.28. The Kier molecular flexibility index (Phi) is 6.70. The molecule has 0 aliphatic heterocycles. The zero-order chi connectivity index (χ0) is 16.8. The summed E-state index contributed by atoms with van der Waals surface area (Å²) < 4.78 is 26.5. The monoisotopic (exact) mass is 316 g/mol. The maximum atomic E-state index is 13.7. The number of carbonyl (C=O) groups excluding carboxylic acids is 1. The highest BCUT2D eigenvalue weighted by Gasteiger charge is 2.27. The van der Waals surface area contributed by atoms with Crippen LogP contribution in [-0.4, -0.2) is 35.4 Å².